The Hall–Kier alpha value is -1.04. The minimum atomic E-state index is -2.07. The van der Waals surface area contributed by atoms with Crippen molar-refractivity contribution in [1.29, 1.82) is 0 Å². The standard InChI is InChI=1S/C30H52O26/c31-1-6-11(34)16(39)20(43)29(52-6)55-24-15(38)10(50-26(47)22(24)45)5-48-27-19(42)18(41)13(36)9(54-27)4-49-28-23(46)25(14(37)8(3-33)51-28)56-30-21(44)17(40)12(35)7(2-32)53-30/h6-47H,1-5H2/t6-,7-,8-,9-,10-,11-,12-,13-,14-,15-,16+,17+,18+,19-,20-,21-,22-,23-,24+,25+,26-,27-,28-,29+,30+/m1/s1. The van der Waals surface area contributed by atoms with Gasteiger partial charge in [-0.1, -0.05) is 0 Å². The first-order valence-corrected chi connectivity index (χ1v) is 17.6. The Kier molecular flexibility index (Phi) is 16.1. The molecule has 5 rings (SSSR count). The van der Waals surface area contributed by atoms with Gasteiger partial charge in [-0.2, -0.15) is 0 Å². The lowest BCUT2D eigenvalue weighted by Crippen LogP contribution is -2.65. The van der Waals surface area contributed by atoms with E-state index in [2.05, 4.69) is 0 Å². The number of rotatable bonds is 13. The second-order valence-electron chi connectivity index (χ2n) is 14.0. The summed E-state index contributed by atoms with van der Waals surface area (Å²) >= 11 is 0. The van der Waals surface area contributed by atoms with Gasteiger partial charge >= 0.3 is 0 Å². The Balaban J connectivity index is 1.20. The largest absolute Gasteiger partial charge is 0.394 e. The van der Waals surface area contributed by atoms with Crippen LogP contribution in [0.3, 0.4) is 0 Å². The molecule has 0 unspecified atom stereocenters. The van der Waals surface area contributed by atoms with Crippen molar-refractivity contribution < 1.29 is 129 Å². The number of aliphatic hydroxyl groups excluding tert-OH is 17. The van der Waals surface area contributed by atoms with Crippen LogP contribution in [0.1, 0.15) is 0 Å². The minimum Gasteiger partial charge on any atom is -0.394 e. The lowest BCUT2D eigenvalue weighted by molar-refractivity contribution is -0.368. The second kappa shape index (κ2) is 19.6. The first-order valence-electron chi connectivity index (χ1n) is 17.6. The Bertz CT molecular complexity index is 1200. The highest BCUT2D eigenvalue weighted by Crippen LogP contribution is 2.32. The quantitative estimate of drug-likeness (QED) is 0.0819. The molecule has 5 fully saturated rings. The molecule has 0 bridgehead atoms. The summed E-state index contributed by atoms with van der Waals surface area (Å²) in [7, 11) is 0. The van der Waals surface area contributed by atoms with Gasteiger partial charge in [0, 0.05) is 0 Å². The van der Waals surface area contributed by atoms with E-state index in [4.69, 9.17) is 42.6 Å². The fourth-order valence-corrected chi connectivity index (χ4v) is 6.81. The predicted molar refractivity (Wildman–Crippen MR) is 167 cm³/mol. The van der Waals surface area contributed by atoms with E-state index < -0.39 is 187 Å². The molecule has 26 heteroatoms. The highest BCUT2D eigenvalue weighted by molar-refractivity contribution is 4.97. The number of hydrogen-bond acceptors (Lipinski definition) is 26. The van der Waals surface area contributed by atoms with Gasteiger partial charge in [-0.25, -0.2) is 0 Å². The van der Waals surface area contributed by atoms with Crippen LogP contribution in [0.15, 0.2) is 0 Å². The molecule has 5 saturated heterocycles. The summed E-state index contributed by atoms with van der Waals surface area (Å²) in [5, 5.41) is 175. The summed E-state index contributed by atoms with van der Waals surface area (Å²) < 4.78 is 48.6. The van der Waals surface area contributed by atoms with Crippen LogP contribution < -0.4 is 0 Å². The Labute approximate surface area is 316 Å². The highest BCUT2D eigenvalue weighted by atomic mass is 16.8. The van der Waals surface area contributed by atoms with Crippen LogP contribution >= 0.6 is 0 Å². The Morgan fingerprint density at radius 3 is 1.09 bits per heavy atom. The van der Waals surface area contributed by atoms with E-state index in [0.29, 0.717) is 0 Å². The van der Waals surface area contributed by atoms with Crippen molar-refractivity contribution in [2.75, 3.05) is 33.0 Å². The molecule has 0 aromatic carbocycles. The lowest BCUT2D eigenvalue weighted by atomic mass is 9.96. The lowest BCUT2D eigenvalue weighted by Gasteiger charge is -2.46. The van der Waals surface area contributed by atoms with Crippen LogP contribution in [-0.2, 0) is 42.6 Å². The maximum absolute atomic E-state index is 11.0. The van der Waals surface area contributed by atoms with Gasteiger partial charge in [0.15, 0.2) is 31.5 Å². The van der Waals surface area contributed by atoms with Crippen LogP contribution in [0.5, 0.6) is 0 Å². The molecule has 0 amide bonds. The molecule has 0 aliphatic carbocycles. The van der Waals surface area contributed by atoms with Gasteiger partial charge in [0.05, 0.1) is 33.0 Å². The van der Waals surface area contributed by atoms with E-state index in [1.165, 1.54) is 0 Å². The summed E-state index contributed by atoms with van der Waals surface area (Å²) in [6.07, 6.45) is -45.2. The summed E-state index contributed by atoms with van der Waals surface area (Å²) in [6, 6.07) is 0. The number of ether oxygens (including phenoxy) is 9. The van der Waals surface area contributed by atoms with Gasteiger partial charge in [-0.3, -0.25) is 0 Å². The molecular weight excluding hydrogens is 776 g/mol. The zero-order chi connectivity index (χ0) is 41.3. The van der Waals surface area contributed by atoms with Crippen molar-refractivity contribution in [3.05, 3.63) is 0 Å². The first-order chi connectivity index (χ1) is 26.4. The van der Waals surface area contributed by atoms with E-state index in [1.54, 1.807) is 0 Å². The molecule has 5 aliphatic rings. The highest BCUT2D eigenvalue weighted by Gasteiger charge is 2.54. The molecule has 0 aromatic rings. The molecule has 0 saturated carbocycles. The van der Waals surface area contributed by atoms with Gasteiger partial charge in [-0.05, 0) is 0 Å². The van der Waals surface area contributed by atoms with Crippen LogP contribution in [-0.4, -0.2) is 273 Å². The molecule has 26 nitrogen and oxygen atoms in total. The van der Waals surface area contributed by atoms with E-state index in [-0.39, 0.29) is 0 Å². The molecule has 328 valence electrons. The van der Waals surface area contributed by atoms with Gasteiger partial charge < -0.3 is 129 Å². The van der Waals surface area contributed by atoms with Gasteiger partial charge in [0.1, 0.15) is 122 Å². The fourth-order valence-electron chi connectivity index (χ4n) is 6.81. The van der Waals surface area contributed by atoms with Crippen LogP contribution in [0.4, 0.5) is 0 Å². The first kappa shape index (κ1) is 46.0. The SMILES string of the molecule is OC[C@H]1O[C@@H](O[C@@H]2[C@@H](O)[C@H](O)O[C@H](CO[C@@H]3O[C@H](CO[C@@H]4O[C@H](CO)[C@@H](O)[C@H](O[C@@H]5O[C@H](CO)[C@@H](O)[C@H](O)[C@H]5O)[C@H]4O)[C@@H](O)[C@H](O)[C@H]3O)[C@H]2O)[C@H](O)[C@@H](O)[C@@H]1O. The van der Waals surface area contributed by atoms with Crippen LogP contribution in [0, 0.1) is 0 Å². The maximum atomic E-state index is 11.0. The van der Waals surface area contributed by atoms with E-state index in [9.17, 15) is 86.8 Å². The molecular formula is C30H52O26. The summed E-state index contributed by atoms with van der Waals surface area (Å²) in [6.45, 7) is -4.06. The smallest absolute Gasteiger partial charge is 0.187 e. The third kappa shape index (κ3) is 9.46. The van der Waals surface area contributed by atoms with Crippen molar-refractivity contribution in [2.45, 2.75) is 154 Å². The molecule has 0 aromatic heterocycles. The summed E-state index contributed by atoms with van der Waals surface area (Å²) in [5.74, 6) is 0. The number of aliphatic hydroxyl groups is 17. The topological polar surface area (TPSA) is 427 Å². The normalized spacial score (nSPS) is 53.2. The Morgan fingerprint density at radius 1 is 0.304 bits per heavy atom. The van der Waals surface area contributed by atoms with Gasteiger partial charge in [0.2, 0.25) is 0 Å². The zero-order valence-corrected chi connectivity index (χ0v) is 29.2. The van der Waals surface area contributed by atoms with E-state index in [0.717, 1.165) is 0 Å². The molecule has 25 atom stereocenters. The van der Waals surface area contributed by atoms with Gasteiger partial charge in [0.25, 0.3) is 0 Å². The average Bonchev–Trinajstić information content (AvgIpc) is 3.18. The molecule has 0 spiro atoms. The molecule has 17 N–H and O–H groups in total. The van der Waals surface area contributed by atoms with Crippen molar-refractivity contribution in [1.82, 2.24) is 0 Å². The van der Waals surface area contributed by atoms with E-state index >= 15 is 0 Å². The maximum Gasteiger partial charge on any atom is 0.187 e. The molecule has 5 aliphatic heterocycles. The third-order valence-corrected chi connectivity index (χ3v) is 10.3. The van der Waals surface area contributed by atoms with E-state index in [1.807, 2.05) is 0 Å². The Morgan fingerprint density at radius 2 is 0.625 bits per heavy atom. The molecule has 56 heavy (non-hydrogen) atoms. The summed E-state index contributed by atoms with van der Waals surface area (Å²) in [5.41, 5.74) is 0. The average molecular weight is 829 g/mol. The van der Waals surface area contributed by atoms with Crippen LogP contribution in [0.25, 0.3) is 0 Å². The monoisotopic (exact) mass is 828 g/mol. The predicted octanol–water partition coefficient (Wildman–Crippen LogP) is -11.9. The zero-order valence-electron chi connectivity index (χ0n) is 29.2. The van der Waals surface area contributed by atoms with Gasteiger partial charge in [-0.15, -0.1) is 0 Å². The number of hydrogen-bond donors (Lipinski definition) is 17. The molecule has 5 heterocycles. The summed E-state index contributed by atoms with van der Waals surface area (Å²) in [4.78, 5) is 0. The van der Waals surface area contributed by atoms with Crippen LogP contribution in [0.2, 0.25) is 0 Å². The van der Waals surface area contributed by atoms with Crippen molar-refractivity contribution in [3.8, 4) is 0 Å². The molecule has 0 radical (unpaired) electrons. The second-order valence-corrected chi connectivity index (χ2v) is 14.0. The third-order valence-electron chi connectivity index (χ3n) is 10.3. The van der Waals surface area contributed by atoms with Crippen molar-refractivity contribution >= 4 is 0 Å². The van der Waals surface area contributed by atoms with Crippen molar-refractivity contribution in [2.24, 2.45) is 0 Å². The van der Waals surface area contributed by atoms with Crippen molar-refractivity contribution in [3.63, 3.8) is 0 Å². The minimum absolute atomic E-state index is 0.768. The fraction of sp³-hybridized carbons (Fsp3) is 1.00.